The van der Waals surface area contributed by atoms with Gasteiger partial charge in [-0.25, -0.2) is 4.39 Å². The number of pyridine rings is 1. The van der Waals surface area contributed by atoms with Crippen LogP contribution in [0.1, 0.15) is 21.7 Å². The molecule has 0 unspecified atom stereocenters. The van der Waals surface area contributed by atoms with E-state index in [1.165, 1.54) is 43.7 Å². The van der Waals surface area contributed by atoms with Crippen LogP contribution in [0.3, 0.4) is 0 Å². The van der Waals surface area contributed by atoms with E-state index in [-0.39, 0.29) is 39.7 Å². The van der Waals surface area contributed by atoms with Gasteiger partial charge in [-0.1, -0.05) is 18.2 Å². The summed E-state index contributed by atoms with van der Waals surface area (Å²) in [5.41, 5.74) is -0.285. The summed E-state index contributed by atoms with van der Waals surface area (Å²) < 4.78 is 24.5. The van der Waals surface area contributed by atoms with Crippen molar-refractivity contribution < 1.29 is 18.3 Å². The summed E-state index contributed by atoms with van der Waals surface area (Å²) in [6.07, 6.45) is 1.32. The summed E-state index contributed by atoms with van der Waals surface area (Å²) in [6.45, 7) is 0. The predicted octanol–water partition coefficient (Wildman–Crippen LogP) is 3.48. The Bertz CT molecular complexity index is 1100. The number of amides is 1. The molecule has 1 amide bonds. The smallest absolute Gasteiger partial charge is 0.292 e. The first-order valence-electron chi connectivity index (χ1n) is 7.62. The van der Waals surface area contributed by atoms with Crippen LogP contribution in [0.4, 0.5) is 10.2 Å². The first-order chi connectivity index (χ1) is 13.1. The molecule has 0 aliphatic rings. The lowest BCUT2D eigenvalue weighted by atomic mass is 9.96. The van der Waals surface area contributed by atoms with Gasteiger partial charge in [0.05, 0.1) is 13.4 Å². The molecule has 27 heavy (non-hydrogen) atoms. The number of ether oxygens (including phenoxy) is 1. The first kappa shape index (κ1) is 17.6. The molecule has 2 aromatic heterocycles. The van der Waals surface area contributed by atoms with Crippen LogP contribution < -0.4 is 10.1 Å². The van der Waals surface area contributed by atoms with E-state index in [0.717, 1.165) is 0 Å². The molecule has 132 valence electrons. The summed E-state index contributed by atoms with van der Waals surface area (Å²) >= 11 is 0. The Morgan fingerprint density at radius 2 is 1.93 bits per heavy atom. The largest absolute Gasteiger partial charge is 0.480 e. The lowest BCUT2D eigenvalue weighted by Crippen LogP contribution is -2.15. The molecule has 3 rings (SSSR count). The summed E-state index contributed by atoms with van der Waals surface area (Å²) in [7, 11) is 1.28. The predicted molar refractivity (Wildman–Crippen MR) is 92.3 cm³/mol. The van der Waals surface area contributed by atoms with E-state index < -0.39 is 11.7 Å². The Morgan fingerprint density at radius 3 is 2.52 bits per heavy atom. The van der Waals surface area contributed by atoms with Gasteiger partial charge in [0.25, 0.3) is 5.91 Å². The second-order valence-electron chi connectivity index (χ2n) is 5.23. The van der Waals surface area contributed by atoms with Crippen LogP contribution in [0.5, 0.6) is 5.88 Å². The normalized spacial score (nSPS) is 9.93. The summed E-state index contributed by atoms with van der Waals surface area (Å²) in [6, 6.07) is 12.4. The Kier molecular flexibility index (Phi) is 4.82. The van der Waals surface area contributed by atoms with Crippen molar-refractivity contribution in [3.8, 4) is 29.1 Å². The molecular formula is C19H11FN4O3. The quantitative estimate of drug-likeness (QED) is 0.760. The monoisotopic (exact) mass is 362 g/mol. The third-order valence-corrected chi connectivity index (χ3v) is 3.70. The number of hydrogen-bond donors (Lipinski definition) is 1. The number of carbonyl (C=O) groups excluding carboxylic acids is 1. The van der Waals surface area contributed by atoms with Gasteiger partial charge in [0.15, 0.2) is 11.6 Å². The molecule has 1 aromatic carbocycles. The van der Waals surface area contributed by atoms with Crippen molar-refractivity contribution in [2.75, 3.05) is 12.4 Å². The molecule has 0 bridgehead atoms. The fourth-order valence-electron chi connectivity index (χ4n) is 2.52. The molecule has 7 nitrogen and oxygen atoms in total. The van der Waals surface area contributed by atoms with E-state index >= 15 is 0 Å². The Labute approximate surface area is 153 Å². The van der Waals surface area contributed by atoms with E-state index in [2.05, 4.69) is 10.3 Å². The van der Waals surface area contributed by atoms with E-state index in [9.17, 15) is 19.7 Å². The third kappa shape index (κ3) is 3.20. The van der Waals surface area contributed by atoms with Crippen LogP contribution in [0.25, 0.3) is 11.1 Å². The molecule has 0 aliphatic carbocycles. The molecule has 3 aromatic rings. The van der Waals surface area contributed by atoms with Gasteiger partial charge in [0.2, 0.25) is 5.88 Å². The number of halogens is 1. The van der Waals surface area contributed by atoms with Gasteiger partial charge in [-0.3, -0.25) is 4.79 Å². The number of hydrogen-bond acceptors (Lipinski definition) is 6. The Balaban J connectivity index is 2.26. The number of furan rings is 1. The number of nitrogens with zero attached hydrogens (tertiary/aromatic N) is 3. The SMILES string of the molecule is COc1nc(NC(=O)c2ccco2)c(C#N)c(-c2ccccc2F)c1C#N. The van der Waals surface area contributed by atoms with E-state index in [4.69, 9.17) is 9.15 Å². The summed E-state index contributed by atoms with van der Waals surface area (Å²) in [5, 5.41) is 21.6. The lowest BCUT2D eigenvalue weighted by molar-refractivity contribution is 0.0996. The number of methoxy groups -OCH3 is 1. The first-order valence-corrected chi connectivity index (χ1v) is 7.62. The summed E-state index contributed by atoms with van der Waals surface area (Å²) in [5.74, 6) is -1.62. The minimum atomic E-state index is -0.657. The van der Waals surface area contributed by atoms with Crippen LogP contribution in [0.15, 0.2) is 47.1 Å². The van der Waals surface area contributed by atoms with Crippen LogP contribution in [-0.4, -0.2) is 18.0 Å². The number of carbonyl (C=O) groups is 1. The molecule has 1 N–H and O–H groups in total. The highest BCUT2D eigenvalue weighted by Gasteiger charge is 2.25. The van der Waals surface area contributed by atoms with Gasteiger partial charge in [-0.2, -0.15) is 15.5 Å². The standard InChI is InChI=1S/C19H11FN4O3/c1-26-19-13(10-22)16(11-5-2-3-6-14(11)20)12(9-21)17(24-19)23-18(25)15-7-4-8-27-15/h2-8H,1H3,(H,23,24,25). The third-order valence-electron chi connectivity index (χ3n) is 3.70. The lowest BCUT2D eigenvalue weighted by Gasteiger charge is -2.14. The second kappa shape index (κ2) is 7.38. The minimum Gasteiger partial charge on any atom is -0.480 e. The molecule has 8 heteroatoms. The zero-order valence-electron chi connectivity index (χ0n) is 14.0. The van der Waals surface area contributed by atoms with Crippen molar-refractivity contribution >= 4 is 11.7 Å². The van der Waals surface area contributed by atoms with Gasteiger partial charge >= 0.3 is 0 Å². The van der Waals surface area contributed by atoms with Crippen molar-refractivity contribution in [1.29, 1.82) is 10.5 Å². The van der Waals surface area contributed by atoms with E-state index in [0.29, 0.717) is 0 Å². The Hall–Kier alpha value is -4.17. The van der Waals surface area contributed by atoms with Crippen molar-refractivity contribution in [3.63, 3.8) is 0 Å². The number of nitrogens with one attached hydrogen (secondary N) is 1. The number of benzene rings is 1. The fourth-order valence-corrected chi connectivity index (χ4v) is 2.52. The highest BCUT2D eigenvalue weighted by atomic mass is 19.1. The molecule has 2 heterocycles. The van der Waals surface area contributed by atoms with Crippen LogP contribution in [0, 0.1) is 28.5 Å². The average molecular weight is 362 g/mol. The molecule has 0 saturated carbocycles. The maximum absolute atomic E-state index is 14.4. The molecule has 0 radical (unpaired) electrons. The highest BCUT2D eigenvalue weighted by molar-refractivity contribution is 6.03. The number of aromatic nitrogens is 1. The van der Waals surface area contributed by atoms with E-state index in [1.807, 2.05) is 12.1 Å². The molecule has 0 atom stereocenters. The van der Waals surface area contributed by atoms with Crippen molar-refractivity contribution in [1.82, 2.24) is 4.98 Å². The van der Waals surface area contributed by atoms with Gasteiger partial charge in [0, 0.05) is 11.1 Å². The highest BCUT2D eigenvalue weighted by Crippen LogP contribution is 2.37. The Morgan fingerprint density at radius 1 is 1.19 bits per heavy atom. The zero-order valence-corrected chi connectivity index (χ0v) is 14.0. The van der Waals surface area contributed by atoms with Gasteiger partial charge in [-0.05, 0) is 18.2 Å². The maximum atomic E-state index is 14.4. The van der Waals surface area contributed by atoms with Crippen molar-refractivity contribution in [2.24, 2.45) is 0 Å². The second-order valence-corrected chi connectivity index (χ2v) is 5.23. The molecule has 0 aliphatic heterocycles. The van der Waals surface area contributed by atoms with Crippen LogP contribution >= 0.6 is 0 Å². The number of nitriles is 2. The minimum absolute atomic E-state index is 0.00328. The van der Waals surface area contributed by atoms with Crippen molar-refractivity contribution in [3.05, 3.63) is 65.4 Å². The van der Waals surface area contributed by atoms with Gasteiger partial charge in [-0.15, -0.1) is 0 Å². The number of anilines is 1. The van der Waals surface area contributed by atoms with Crippen LogP contribution in [0.2, 0.25) is 0 Å². The molecule has 0 saturated heterocycles. The summed E-state index contributed by atoms with van der Waals surface area (Å²) in [4.78, 5) is 16.3. The molecule has 0 spiro atoms. The number of rotatable bonds is 4. The van der Waals surface area contributed by atoms with Gasteiger partial charge in [0.1, 0.15) is 29.1 Å². The zero-order chi connectivity index (χ0) is 19.4. The molecular weight excluding hydrogens is 351 g/mol. The van der Waals surface area contributed by atoms with Crippen LogP contribution in [-0.2, 0) is 0 Å². The van der Waals surface area contributed by atoms with Crippen molar-refractivity contribution in [2.45, 2.75) is 0 Å². The van der Waals surface area contributed by atoms with E-state index in [1.54, 1.807) is 6.07 Å². The molecule has 0 fully saturated rings. The maximum Gasteiger partial charge on any atom is 0.292 e. The topological polar surface area (TPSA) is 112 Å². The average Bonchev–Trinajstić information content (AvgIpc) is 3.22. The van der Waals surface area contributed by atoms with Gasteiger partial charge < -0.3 is 14.5 Å². The fraction of sp³-hybridized carbons (Fsp3) is 0.0526.